The largest absolute Gasteiger partial charge is 0.325 e. The molecule has 146 valence electrons. The molecule has 2 aromatic carbocycles. The second-order valence-electron chi connectivity index (χ2n) is 7.71. The molecule has 0 radical (unpaired) electrons. The Morgan fingerprint density at radius 2 is 1.62 bits per heavy atom. The Morgan fingerprint density at radius 1 is 0.966 bits per heavy atom. The number of carbonyl (C=O) groups is 1. The lowest BCUT2D eigenvalue weighted by atomic mass is 9.87. The Bertz CT molecular complexity index is 1040. The predicted molar refractivity (Wildman–Crippen MR) is 117 cm³/mol. The molecule has 29 heavy (non-hydrogen) atoms. The maximum Gasteiger partial charge on any atom is 0.220 e. The van der Waals surface area contributed by atoms with Gasteiger partial charge in [0.15, 0.2) is 0 Å². The van der Waals surface area contributed by atoms with Crippen molar-refractivity contribution < 1.29 is 4.79 Å². The summed E-state index contributed by atoms with van der Waals surface area (Å²) in [6.45, 7) is 5.82. The number of amides is 1. The van der Waals surface area contributed by atoms with E-state index in [1.54, 1.807) is 6.92 Å². The first-order valence-electron chi connectivity index (χ1n) is 10.1. The van der Waals surface area contributed by atoms with Gasteiger partial charge in [-0.05, 0) is 43.0 Å². The zero-order chi connectivity index (χ0) is 20.4. The third-order valence-electron chi connectivity index (χ3n) is 5.76. The van der Waals surface area contributed by atoms with E-state index in [-0.39, 0.29) is 18.0 Å². The Morgan fingerprint density at radius 3 is 2.28 bits per heavy atom. The number of pyridine rings is 1. The molecule has 4 rings (SSSR count). The Balaban J connectivity index is 1.79. The minimum Gasteiger partial charge on any atom is -0.325 e. The third kappa shape index (κ3) is 3.73. The topological polar surface area (TPSA) is 33.2 Å². The highest BCUT2D eigenvalue weighted by Gasteiger charge is 2.34. The Labute approximate surface area is 172 Å². The van der Waals surface area contributed by atoms with E-state index in [1.165, 1.54) is 5.57 Å². The van der Waals surface area contributed by atoms with Crippen LogP contribution >= 0.6 is 0 Å². The van der Waals surface area contributed by atoms with Crippen molar-refractivity contribution in [2.75, 3.05) is 0 Å². The van der Waals surface area contributed by atoms with Crippen LogP contribution in [0.15, 0.2) is 84.6 Å². The van der Waals surface area contributed by atoms with Gasteiger partial charge in [-0.3, -0.25) is 9.78 Å². The van der Waals surface area contributed by atoms with Crippen LogP contribution in [0.2, 0.25) is 0 Å². The number of hydrogen-bond donors (Lipinski definition) is 0. The molecule has 0 saturated heterocycles. The smallest absolute Gasteiger partial charge is 0.220 e. The van der Waals surface area contributed by atoms with Gasteiger partial charge in [-0.15, -0.1) is 0 Å². The molecule has 3 nitrogen and oxygen atoms in total. The molecule has 2 unspecified atom stereocenters. The van der Waals surface area contributed by atoms with E-state index in [4.69, 9.17) is 0 Å². The number of nitrogens with zero attached hydrogens (tertiary/aromatic N) is 2. The molecule has 0 spiro atoms. The molecule has 2 atom stereocenters. The summed E-state index contributed by atoms with van der Waals surface area (Å²) in [6.07, 6.45) is 5.00. The molecule has 1 aromatic heterocycles. The number of hydrogen-bond acceptors (Lipinski definition) is 2. The van der Waals surface area contributed by atoms with Gasteiger partial charge in [-0.25, -0.2) is 0 Å². The first-order valence-corrected chi connectivity index (χ1v) is 10.1. The number of benzene rings is 2. The second kappa shape index (κ2) is 8.04. The van der Waals surface area contributed by atoms with E-state index in [1.807, 2.05) is 54.4 Å². The van der Waals surface area contributed by atoms with Gasteiger partial charge in [0.05, 0.1) is 12.1 Å². The average molecular weight is 383 g/mol. The Hall–Kier alpha value is -3.20. The normalized spacial score (nSPS) is 19.0. The number of aromatic nitrogens is 1. The number of aryl methyl sites for hydroxylation is 1. The van der Waals surface area contributed by atoms with Gasteiger partial charge >= 0.3 is 0 Å². The summed E-state index contributed by atoms with van der Waals surface area (Å²) in [5, 5.41) is 0. The zero-order valence-electron chi connectivity index (χ0n) is 17.2. The first kappa shape index (κ1) is 19.1. The number of carbonyl (C=O) groups excluding carboxylic acids is 1. The molecule has 1 amide bonds. The average Bonchev–Trinajstić information content (AvgIpc) is 2.75. The molecule has 0 bridgehead atoms. The van der Waals surface area contributed by atoms with Crippen LogP contribution in [0.5, 0.6) is 0 Å². The highest BCUT2D eigenvalue weighted by molar-refractivity contribution is 5.76. The van der Waals surface area contributed by atoms with Gasteiger partial charge in [0.25, 0.3) is 0 Å². The van der Waals surface area contributed by atoms with Crippen LogP contribution in [0.4, 0.5) is 0 Å². The summed E-state index contributed by atoms with van der Waals surface area (Å²) in [4.78, 5) is 19.5. The van der Waals surface area contributed by atoms with Crippen LogP contribution in [0, 0.1) is 6.92 Å². The van der Waals surface area contributed by atoms with Gasteiger partial charge in [0.1, 0.15) is 0 Å². The molecule has 3 aromatic rings. The molecule has 3 heteroatoms. The SMILES string of the molecule is CC(=O)N1C(c2cnc(C)c(-c3ccccc3)c2)CC=C(C)C1c1ccccc1. The van der Waals surface area contributed by atoms with Crippen molar-refractivity contribution in [3.05, 3.63) is 101 Å². The van der Waals surface area contributed by atoms with Crippen molar-refractivity contribution in [1.82, 2.24) is 9.88 Å². The molecule has 2 heterocycles. The summed E-state index contributed by atoms with van der Waals surface area (Å²) >= 11 is 0. The number of rotatable bonds is 3. The van der Waals surface area contributed by atoms with E-state index in [2.05, 4.69) is 48.3 Å². The van der Waals surface area contributed by atoms with Crippen molar-refractivity contribution in [2.24, 2.45) is 0 Å². The van der Waals surface area contributed by atoms with Crippen LogP contribution in [-0.4, -0.2) is 15.8 Å². The minimum atomic E-state index is -0.0473. The summed E-state index contributed by atoms with van der Waals surface area (Å²) in [5.74, 6) is 0.0816. The molecule has 0 fully saturated rings. The summed E-state index contributed by atoms with van der Waals surface area (Å²) < 4.78 is 0. The lowest BCUT2D eigenvalue weighted by Gasteiger charge is -2.42. The maximum atomic E-state index is 12.8. The van der Waals surface area contributed by atoms with Gasteiger partial charge in [0, 0.05) is 24.4 Å². The molecule has 0 saturated carbocycles. The molecule has 1 aliphatic rings. The molecule has 0 N–H and O–H groups in total. The van der Waals surface area contributed by atoms with E-state index in [0.29, 0.717) is 0 Å². The molecule has 1 aliphatic heterocycles. The van der Waals surface area contributed by atoms with Crippen molar-refractivity contribution >= 4 is 5.91 Å². The lowest BCUT2D eigenvalue weighted by molar-refractivity contribution is -0.133. The van der Waals surface area contributed by atoms with E-state index >= 15 is 0 Å². The molecular weight excluding hydrogens is 356 g/mol. The highest BCUT2D eigenvalue weighted by Crippen LogP contribution is 2.42. The van der Waals surface area contributed by atoms with Crippen molar-refractivity contribution in [2.45, 2.75) is 39.3 Å². The van der Waals surface area contributed by atoms with E-state index < -0.39 is 0 Å². The first-order chi connectivity index (χ1) is 14.1. The minimum absolute atomic E-state index is 0.0306. The zero-order valence-corrected chi connectivity index (χ0v) is 17.2. The van der Waals surface area contributed by atoms with Crippen LogP contribution in [-0.2, 0) is 4.79 Å². The van der Waals surface area contributed by atoms with Crippen molar-refractivity contribution in [3.63, 3.8) is 0 Å². The Kier molecular flexibility index (Phi) is 5.30. The molecule has 0 aliphatic carbocycles. The fraction of sp³-hybridized carbons (Fsp3) is 0.231. The quantitative estimate of drug-likeness (QED) is 0.518. The van der Waals surface area contributed by atoms with Crippen LogP contribution in [0.1, 0.15) is 49.2 Å². The van der Waals surface area contributed by atoms with Gasteiger partial charge in [0.2, 0.25) is 5.91 Å². The van der Waals surface area contributed by atoms with Crippen molar-refractivity contribution in [1.29, 1.82) is 0 Å². The van der Waals surface area contributed by atoms with Gasteiger partial charge in [-0.1, -0.05) is 72.3 Å². The highest BCUT2D eigenvalue weighted by atomic mass is 16.2. The van der Waals surface area contributed by atoms with Crippen LogP contribution in [0.3, 0.4) is 0 Å². The van der Waals surface area contributed by atoms with E-state index in [9.17, 15) is 4.79 Å². The van der Waals surface area contributed by atoms with E-state index in [0.717, 1.165) is 34.4 Å². The van der Waals surface area contributed by atoms with Gasteiger partial charge < -0.3 is 4.90 Å². The second-order valence-corrected chi connectivity index (χ2v) is 7.71. The standard InChI is InChI=1S/C26H26N2O/c1-18-14-15-25(28(20(3)29)26(18)22-12-8-5-9-13-22)23-16-24(19(2)27-17-23)21-10-6-4-7-11-21/h4-14,16-17,25-26H,15H2,1-3H3. The monoisotopic (exact) mass is 382 g/mol. The maximum absolute atomic E-state index is 12.8. The summed E-state index contributed by atoms with van der Waals surface area (Å²) in [5.41, 5.74) is 6.70. The van der Waals surface area contributed by atoms with Crippen LogP contribution < -0.4 is 0 Å². The summed E-state index contributed by atoms with van der Waals surface area (Å²) in [6, 6.07) is 22.7. The lowest BCUT2D eigenvalue weighted by Crippen LogP contribution is -2.39. The van der Waals surface area contributed by atoms with Crippen molar-refractivity contribution in [3.8, 4) is 11.1 Å². The fourth-order valence-corrected chi connectivity index (χ4v) is 4.32. The predicted octanol–water partition coefficient (Wildman–Crippen LogP) is 6.04. The third-order valence-corrected chi connectivity index (χ3v) is 5.76. The fourth-order valence-electron chi connectivity index (χ4n) is 4.32. The van der Waals surface area contributed by atoms with Crippen LogP contribution in [0.25, 0.3) is 11.1 Å². The molecular formula is C26H26N2O. The summed E-state index contributed by atoms with van der Waals surface area (Å²) in [7, 11) is 0. The van der Waals surface area contributed by atoms with Gasteiger partial charge in [-0.2, -0.15) is 0 Å².